The van der Waals surface area contributed by atoms with Crippen LogP contribution >= 0.6 is 0 Å². The summed E-state index contributed by atoms with van der Waals surface area (Å²) < 4.78 is 8.71. The zero-order valence-corrected chi connectivity index (χ0v) is 17.0. The van der Waals surface area contributed by atoms with E-state index in [1.165, 1.54) is 4.68 Å². The molecule has 2 aliphatic rings. The maximum absolute atomic E-state index is 12.5. The first-order chi connectivity index (χ1) is 14.0. The van der Waals surface area contributed by atoms with E-state index in [4.69, 9.17) is 4.74 Å². The highest BCUT2D eigenvalue weighted by atomic mass is 16.5. The summed E-state index contributed by atoms with van der Waals surface area (Å²) in [5, 5.41) is 7.16. The molecular weight excluding hydrogens is 372 g/mol. The minimum atomic E-state index is -0.288. The maximum Gasteiger partial charge on any atom is 0.346 e. The van der Waals surface area contributed by atoms with Gasteiger partial charge in [-0.1, -0.05) is 6.42 Å². The molecule has 9 heteroatoms. The molecule has 1 fully saturated rings. The van der Waals surface area contributed by atoms with Crippen LogP contribution in [-0.4, -0.2) is 50.5 Å². The van der Waals surface area contributed by atoms with Crippen molar-refractivity contribution in [3.8, 4) is 0 Å². The van der Waals surface area contributed by atoms with Gasteiger partial charge < -0.3 is 15.0 Å². The molecule has 1 amide bonds. The number of fused-ring (bicyclic) bond motifs is 1. The van der Waals surface area contributed by atoms with E-state index in [1.807, 2.05) is 12.1 Å². The largest absolute Gasteiger partial charge is 0.372 e. The molecule has 0 bridgehead atoms. The van der Waals surface area contributed by atoms with Gasteiger partial charge in [-0.2, -0.15) is 5.10 Å². The normalized spacial score (nSPS) is 22.1. The third-order valence-electron chi connectivity index (χ3n) is 5.35. The number of amides is 1. The summed E-state index contributed by atoms with van der Waals surface area (Å²) in [5.74, 6) is 1.35. The molecule has 1 saturated heterocycles. The lowest BCUT2D eigenvalue weighted by atomic mass is 10.2. The minimum absolute atomic E-state index is 0.0981. The fraction of sp³-hybridized carbons (Fsp3) is 0.600. The van der Waals surface area contributed by atoms with Gasteiger partial charge in [-0.3, -0.25) is 9.36 Å². The van der Waals surface area contributed by atoms with Crippen LogP contribution in [-0.2, 0) is 29.0 Å². The van der Waals surface area contributed by atoms with Gasteiger partial charge in [-0.15, -0.1) is 0 Å². The van der Waals surface area contributed by atoms with Gasteiger partial charge in [0.25, 0.3) is 0 Å². The van der Waals surface area contributed by atoms with Crippen molar-refractivity contribution in [1.29, 1.82) is 0 Å². The van der Waals surface area contributed by atoms with Gasteiger partial charge in [0, 0.05) is 26.1 Å². The number of rotatable bonds is 4. The third kappa shape index (κ3) is 4.50. The molecule has 2 atom stereocenters. The first-order valence-corrected chi connectivity index (χ1v) is 10.3. The van der Waals surface area contributed by atoms with Gasteiger partial charge >= 0.3 is 5.69 Å². The van der Waals surface area contributed by atoms with E-state index >= 15 is 0 Å². The summed E-state index contributed by atoms with van der Waals surface area (Å²) in [7, 11) is 0. The van der Waals surface area contributed by atoms with Crippen LogP contribution in [0.3, 0.4) is 0 Å². The van der Waals surface area contributed by atoms with Gasteiger partial charge in [0.2, 0.25) is 5.91 Å². The van der Waals surface area contributed by atoms with E-state index in [-0.39, 0.29) is 30.3 Å². The van der Waals surface area contributed by atoms with E-state index in [2.05, 4.69) is 34.1 Å². The Balaban J connectivity index is 1.38. The number of hydrogen-bond acceptors (Lipinski definition) is 6. The highest BCUT2D eigenvalue weighted by molar-refractivity contribution is 5.90. The Kier molecular flexibility index (Phi) is 5.66. The molecule has 156 valence electrons. The number of aromatic nitrogens is 4. The number of aryl methyl sites for hydroxylation is 1. The summed E-state index contributed by atoms with van der Waals surface area (Å²) >= 11 is 0. The van der Waals surface area contributed by atoms with Gasteiger partial charge in [0.05, 0.1) is 24.1 Å². The Morgan fingerprint density at radius 2 is 2.00 bits per heavy atom. The molecule has 2 aliphatic heterocycles. The SMILES string of the molecule is CC1CN(c2ccc(NC(=O)Cn3nc4n(c3=O)CCCCC4)cn2)CC(C)O1. The molecule has 2 aromatic heterocycles. The second-order valence-electron chi connectivity index (χ2n) is 7.93. The molecule has 9 nitrogen and oxygen atoms in total. The van der Waals surface area contributed by atoms with Crippen LogP contribution in [0.15, 0.2) is 23.1 Å². The molecule has 0 aromatic carbocycles. The van der Waals surface area contributed by atoms with E-state index < -0.39 is 0 Å². The molecule has 0 aliphatic carbocycles. The predicted octanol–water partition coefficient (Wildman–Crippen LogP) is 1.42. The molecule has 29 heavy (non-hydrogen) atoms. The summed E-state index contributed by atoms with van der Waals surface area (Å²) in [5.41, 5.74) is 0.392. The number of pyridine rings is 1. The van der Waals surface area contributed by atoms with Crippen LogP contribution in [0.25, 0.3) is 0 Å². The van der Waals surface area contributed by atoms with E-state index in [0.29, 0.717) is 12.2 Å². The van der Waals surface area contributed by atoms with E-state index in [0.717, 1.165) is 50.4 Å². The Morgan fingerprint density at radius 3 is 2.72 bits per heavy atom. The monoisotopic (exact) mass is 400 g/mol. The van der Waals surface area contributed by atoms with Crippen molar-refractivity contribution in [3.63, 3.8) is 0 Å². The Hall–Kier alpha value is -2.68. The number of anilines is 2. The molecule has 4 rings (SSSR count). The van der Waals surface area contributed by atoms with Crippen LogP contribution in [0.1, 0.15) is 38.9 Å². The molecule has 2 unspecified atom stereocenters. The van der Waals surface area contributed by atoms with Crippen molar-refractivity contribution >= 4 is 17.4 Å². The quantitative estimate of drug-likeness (QED) is 0.834. The van der Waals surface area contributed by atoms with Crippen LogP contribution in [0.5, 0.6) is 0 Å². The predicted molar refractivity (Wildman–Crippen MR) is 109 cm³/mol. The van der Waals surface area contributed by atoms with Crippen molar-refractivity contribution < 1.29 is 9.53 Å². The van der Waals surface area contributed by atoms with Crippen LogP contribution < -0.4 is 15.9 Å². The Morgan fingerprint density at radius 1 is 1.21 bits per heavy atom. The zero-order valence-electron chi connectivity index (χ0n) is 17.0. The smallest absolute Gasteiger partial charge is 0.346 e. The van der Waals surface area contributed by atoms with Gasteiger partial charge in [0.15, 0.2) is 0 Å². The Labute approximate surface area is 169 Å². The number of nitrogens with one attached hydrogen (secondary N) is 1. The highest BCUT2D eigenvalue weighted by Gasteiger charge is 2.23. The molecule has 2 aromatic rings. The van der Waals surface area contributed by atoms with Crippen LogP contribution in [0.2, 0.25) is 0 Å². The highest BCUT2D eigenvalue weighted by Crippen LogP contribution is 2.19. The molecule has 0 spiro atoms. The van der Waals surface area contributed by atoms with Crippen molar-refractivity contribution in [2.24, 2.45) is 0 Å². The first kappa shape index (κ1) is 19.6. The first-order valence-electron chi connectivity index (χ1n) is 10.3. The summed E-state index contributed by atoms with van der Waals surface area (Å²) in [6, 6.07) is 3.72. The van der Waals surface area contributed by atoms with Crippen molar-refractivity contribution in [1.82, 2.24) is 19.3 Å². The Bertz CT molecular complexity index is 909. The number of carbonyl (C=O) groups excluding carboxylic acids is 1. The average molecular weight is 400 g/mol. The topological polar surface area (TPSA) is 94.3 Å². The molecule has 0 saturated carbocycles. The summed E-state index contributed by atoms with van der Waals surface area (Å²) in [6.07, 6.45) is 5.85. The fourth-order valence-corrected chi connectivity index (χ4v) is 4.08. The number of hydrogen-bond donors (Lipinski definition) is 1. The van der Waals surface area contributed by atoms with Crippen LogP contribution in [0.4, 0.5) is 11.5 Å². The maximum atomic E-state index is 12.5. The third-order valence-corrected chi connectivity index (χ3v) is 5.35. The lowest BCUT2D eigenvalue weighted by Gasteiger charge is -2.36. The van der Waals surface area contributed by atoms with Gasteiger partial charge in [-0.25, -0.2) is 14.5 Å². The average Bonchev–Trinajstić information content (AvgIpc) is 2.84. The number of nitrogens with zero attached hydrogens (tertiary/aromatic N) is 5. The minimum Gasteiger partial charge on any atom is -0.372 e. The van der Waals surface area contributed by atoms with Gasteiger partial charge in [-0.05, 0) is 38.8 Å². The second-order valence-corrected chi connectivity index (χ2v) is 7.93. The molecular formula is C20H28N6O3. The number of morpholine rings is 1. The fourth-order valence-electron chi connectivity index (χ4n) is 4.08. The lowest BCUT2D eigenvalue weighted by molar-refractivity contribution is -0.117. The van der Waals surface area contributed by atoms with E-state index in [9.17, 15) is 9.59 Å². The van der Waals surface area contributed by atoms with Crippen molar-refractivity contribution in [2.75, 3.05) is 23.3 Å². The second kappa shape index (κ2) is 8.36. The van der Waals surface area contributed by atoms with E-state index in [1.54, 1.807) is 10.8 Å². The van der Waals surface area contributed by atoms with Crippen molar-refractivity contribution in [3.05, 3.63) is 34.6 Å². The van der Waals surface area contributed by atoms with Crippen LogP contribution in [0, 0.1) is 0 Å². The molecule has 4 heterocycles. The van der Waals surface area contributed by atoms with Crippen molar-refractivity contribution in [2.45, 2.75) is 64.8 Å². The standard InChI is InChI=1S/C20H28N6O3/c1-14-11-24(12-15(2)29-14)17-8-7-16(10-21-17)22-19(27)13-26-20(28)25-9-5-3-4-6-18(25)23-26/h7-8,10,14-15H,3-6,9,11-13H2,1-2H3,(H,22,27). The number of carbonyl (C=O) groups is 1. The summed E-state index contributed by atoms with van der Waals surface area (Å²) in [6.45, 7) is 6.26. The van der Waals surface area contributed by atoms with Gasteiger partial charge in [0.1, 0.15) is 18.2 Å². The molecule has 0 radical (unpaired) electrons. The summed E-state index contributed by atoms with van der Waals surface area (Å²) in [4.78, 5) is 31.6. The molecule has 1 N–H and O–H groups in total. The lowest BCUT2D eigenvalue weighted by Crippen LogP contribution is -2.45. The number of ether oxygens (including phenoxy) is 1. The zero-order chi connectivity index (χ0) is 20.4.